The number of rotatable bonds is 8. The highest BCUT2D eigenvalue weighted by Gasteiger charge is 2.15. The van der Waals surface area contributed by atoms with E-state index in [2.05, 4.69) is 5.32 Å². The Hall–Kier alpha value is -4.06. The van der Waals surface area contributed by atoms with Crippen molar-refractivity contribution in [1.29, 1.82) is 5.26 Å². The van der Waals surface area contributed by atoms with Crippen LogP contribution in [0.2, 0.25) is 10.0 Å². The van der Waals surface area contributed by atoms with Gasteiger partial charge in [-0.25, -0.2) is 0 Å². The number of nitro benzene ring substituents is 1. The minimum absolute atomic E-state index is 0.0914. The third-order valence-corrected chi connectivity index (χ3v) is 5.20. The number of hydrogen-bond donors (Lipinski definition) is 1. The summed E-state index contributed by atoms with van der Waals surface area (Å²) < 4.78 is 11.3. The molecule has 0 aliphatic carbocycles. The first kappa shape index (κ1) is 24.6. The molecule has 0 aromatic heterocycles. The van der Waals surface area contributed by atoms with Crippen LogP contribution < -0.4 is 14.8 Å². The average Bonchev–Trinajstić information content (AvgIpc) is 2.82. The Balaban J connectivity index is 1.86. The maximum absolute atomic E-state index is 12.7. The minimum atomic E-state index is -0.689. The molecular formula is C24H17Cl2N3O5. The van der Waals surface area contributed by atoms with Gasteiger partial charge in [-0.2, -0.15) is 5.26 Å². The maximum Gasteiger partial charge on any atom is 0.269 e. The number of anilines is 1. The Morgan fingerprint density at radius 1 is 1.18 bits per heavy atom. The molecule has 0 bridgehead atoms. The van der Waals surface area contributed by atoms with Gasteiger partial charge in [0.25, 0.3) is 11.6 Å². The van der Waals surface area contributed by atoms with Gasteiger partial charge in [0, 0.05) is 39.0 Å². The van der Waals surface area contributed by atoms with Crippen LogP contribution in [0, 0.1) is 21.4 Å². The number of non-ortho nitro benzene ring substituents is 1. The molecule has 0 fully saturated rings. The van der Waals surface area contributed by atoms with Crippen molar-refractivity contribution in [1.82, 2.24) is 0 Å². The summed E-state index contributed by atoms with van der Waals surface area (Å²) in [6.07, 6.45) is 1.36. The maximum atomic E-state index is 12.7. The molecule has 1 amide bonds. The van der Waals surface area contributed by atoms with E-state index in [1.807, 2.05) is 6.07 Å². The normalized spacial score (nSPS) is 10.8. The topological polar surface area (TPSA) is 114 Å². The van der Waals surface area contributed by atoms with Crippen LogP contribution in [0.25, 0.3) is 6.08 Å². The lowest BCUT2D eigenvalue weighted by Gasteiger charge is -2.14. The van der Waals surface area contributed by atoms with Gasteiger partial charge >= 0.3 is 0 Å². The first-order chi connectivity index (χ1) is 16.3. The summed E-state index contributed by atoms with van der Waals surface area (Å²) in [4.78, 5) is 22.9. The number of carbonyl (C=O) groups is 1. The van der Waals surface area contributed by atoms with Gasteiger partial charge < -0.3 is 14.8 Å². The molecule has 0 saturated heterocycles. The summed E-state index contributed by atoms with van der Waals surface area (Å²) in [6, 6.07) is 17.2. The summed E-state index contributed by atoms with van der Waals surface area (Å²) in [5.41, 5.74) is 1.09. The van der Waals surface area contributed by atoms with Crippen LogP contribution in [-0.2, 0) is 11.4 Å². The van der Waals surface area contributed by atoms with Gasteiger partial charge in [-0.3, -0.25) is 14.9 Å². The number of hydrogen-bond acceptors (Lipinski definition) is 6. The van der Waals surface area contributed by atoms with Crippen molar-refractivity contribution in [3.05, 3.63) is 97.5 Å². The van der Waals surface area contributed by atoms with Crippen LogP contribution in [0.4, 0.5) is 11.4 Å². The van der Waals surface area contributed by atoms with E-state index in [1.165, 1.54) is 37.5 Å². The Kier molecular flexibility index (Phi) is 8.09. The second-order valence-corrected chi connectivity index (χ2v) is 7.67. The van der Waals surface area contributed by atoms with Crippen LogP contribution >= 0.6 is 23.2 Å². The minimum Gasteiger partial charge on any atom is -0.493 e. The summed E-state index contributed by atoms with van der Waals surface area (Å²) in [7, 11) is 1.47. The predicted molar refractivity (Wildman–Crippen MR) is 129 cm³/mol. The molecular weight excluding hydrogens is 481 g/mol. The third-order valence-electron chi connectivity index (χ3n) is 4.62. The zero-order valence-corrected chi connectivity index (χ0v) is 19.3. The average molecular weight is 498 g/mol. The number of halogens is 2. The quantitative estimate of drug-likeness (QED) is 0.175. The van der Waals surface area contributed by atoms with Crippen molar-refractivity contribution in [2.24, 2.45) is 0 Å². The van der Waals surface area contributed by atoms with E-state index in [0.717, 1.165) is 0 Å². The van der Waals surface area contributed by atoms with Gasteiger partial charge in [-0.05, 0) is 36.4 Å². The lowest BCUT2D eigenvalue weighted by molar-refractivity contribution is -0.384. The second-order valence-electron chi connectivity index (χ2n) is 6.83. The molecule has 3 rings (SSSR count). The number of nitrogens with one attached hydrogen (secondary N) is 1. The zero-order valence-electron chi connectivity index (χ0n) is 17.7. The Bertz CT molecular complexity index is 1300. The number of ether oxygens (including phenoxy) is 2. The Morgan fingerprint density at radius 3 is 2.53 bits per heavy atom. The summed E-state index contributed by atoms with van der Waals surface area (Å²) >= 11 is 12.2. The number of para-hydroxylation sites is 1. The van der Waals surface area contributed by atoms with Crippen molar-refractivity contribution >= 4 is 46.6 Å². The number of nitriles is 1. The van der Waals surface area contributed by atoms with Crippen LogP contribution in [-0.4, -0.2) is 17.9 Å². The van der Waals surface area contributed by atoms with E-state index in [1.54, 1.807) is 36.4 Å². The van der Waals surface area contributed by atoms with Crippen molar-refractivity contribution in [2.75, 3.05) is 12.4 Å². The lowest BCUT2D eigenvalue weighted by Crippen LogP contribution is -2.13. The van der Waals surface area contributed by atoms with Crippen molar-refractivity contribution < 1.29 is 19.2 Å². The lowest BCUT2D eigenvalue weighted by atomic mass is 10.1. The molecule has 34 heavy (non-hydrogen) atoms. The smallest absolute Gasteiger partial charge is 0.269 e. The molecule has 0 atom stereocenters. The second kappa shape index (κ2) is 11.2. The molecule has 0 heterocycles. The van der Waals surface area contributed by atoms with Gasteiger partial charge in [0.2, 0.25) is 0 Å². The fraction of sp³-hybridized carbons (Fsp3) is 0.0833. The Labute approximate surface area is 205 Å². The van der Waals surface area contributed by atoms with Crippen LogP contribution in [0.15, 0.2) is 66.2 Å². The van der Waals surface area contributed by atoms with E-state index in [0.29, 0.717) is 38.4 Å². The van der Waals surface area contributed by atoms with Crippen molar-refractivity contribution in [3.8, 4) is 17.6 Å². The molecule has 0 aliphatic rings. The number of nitro groups is 1. The van der Waals surface area contributed by atoms with Gasteiger partial charge in [-0.15, -0.1) is 0 Å². The van der Waals surface area contributed by atoms with Gasteiger partial charge in [0.05, 0.1) is 12.0 Å². The molecule has 0 radical (unpaired) electrons. The molecule has 0 saturated carbocycles. The molecule has 0 unspecified atom stereocenters. The van der Waals surface area contributed by atoms with E-state index in [4.69, 9.17) is 32.7 Å². The highest BCUT2D eigenvalue weighted by atomic mass is 35.5. The fourth-order valence-corrected chi connectivity index (χ4v) is 3.38. The van der Waals surface area contributed by atoms with Crippen LogP contribution in [0.5, 0.6) is 11.5 Å². The summed E-state index contributed by atoms with van der Waals surface area (Å²) in [5.74, 6) is 0.0182. The molecule has 10 heteroatoms. The van der Waals surface area contributed by atoms with E-state index >= 15 is 0 Å². The molecule has 3 aromatic rings. The molecule has 172 valence electrons. The summed E-state index contributed by atoms with van der Waals surface area (Å²) in [5, 5.41) is 23.8. The van der Waals surface area contributed by atoms with Gasteiger partial charge in [0.15, 0.2) is 11.5 Å². The molecule has 0 aliphatic heterocycles. The highest BCUT2D eigenvalue weighted by Crippen LogP contribution is 2.34. The first-order valence-corrected chi connectivity index (χ1v) is 10.5. The third kappa shape index (κ3) is 6.04. The number of benzene rings is 3. The zero-order chi connectivity index (χ0) is 24.7. The SMILES string of the molecule is COc1cccc(/C=C(/C#N)C(=O)Nc2ccc([N+](=O)[O-])cc2)c1OCc1ccc(Cl)cc1Cl. The largest absolute Gasteiger partial charge is 0.493 e. The Morgan fingerprint density at radius 2 is 1.91 bits per heavy atom. The number of nitrogens with zero attached hydrogens (tertiary/aromatic N) is 2. The number of methoxy groups -OCH3 is 1. The van der Waals surface area contributed by atoms with Crippen LogP contribution in [0.1, 0.15) is 11.1 Å². The van der Waals surface area contributed by atoms with Crippen LogP contribution in [0.3, 0.4) is 0 Å². The van der Waals surface area contributed by atoms with Gasteiger partial charge in [-0.1, -0.05) is 41.4 Å². The van der Waals surface area contributed by atoms with E-state index in [-0.39, 0.29) is 17.9 Å². The number of carbonyl (C=O) groups excluding carboxylic acids is 1. The molecule has 3 aromatic carbocycles. The van der Waals surface area contributed by atoms with Gasteiger partial charge in [0.1, 0.15) is 18.2 Å². The number of amides is 1. The monoisotopic (exact) mass is 497 g/mol. The standard InChI is InChI=1S/C24H17Cl2N3O5/c1-33-22-4-2-3-15(23(22)34-14-16-5-6-18(25)12-21(16)26)11-17(13-27)24(30)28-19-7-9-20(10-8-19)29(31)32/h2-12H,14H2,1H3,(H,28,30)/b17-11-. The van der Waals surface area contributed by atoms with Crippen molar-refractivity contribution in [3.63, 3.8) is 0 Å². The first-order valence-electron chi connectivity index (χ1n) is 9.73. The fourth-order valence-electron chi connectivity index (χ4n) is 2.92. The predicted octanol–water partition coefficient (Wildman–Crippen LogP) is 6.03. The van der Waals surface area contributed by atoms with E-state index in [9.17, 15) is 20.2 Å². The van der Waals surface area contributed by atoms with Crippen molar-refractivity contribution in [2.45, 2.75) is 6.61 Å². The molecule has 0 spiro atoms. The van der Waals surface area contributed by atoms with E-state index < -0.39 is 10.8 Å². The molecule has 8 nitrogen and oxygen atoms in total. The molecule has 1 N–H and O–H groups in total. The summed E-state index contributed by atoms with van der Waals surface area (Å²) in [6.45, 7) is 0.0914. The highest BCUT2D eigenvalue weighted by molar-refractivity contribution is 6.35.